The maximum absolute atomic E-state index is 13.9. The molecular weight excluding hydrogens is 473 g/mol. The number of ether oxygens (including phenoxy) is 2. The van der Waals surface area contributed by atoms with Crippen molar-refractivity contribution in [3.63, 3.8) is 0 Å². The van der Waals surface area contributed by atoms with Crippen LogP contribution in [0, 0.1) is 0 Å². The Hall–Kier alpha value is -3.40. The molecule has 0 bridgehead atoms. The molecule has 0 fully saturated rings. The highest BCUT2D eigenvalue weighted by Gasteiger charge is 2.47. The summed E-state index contributed by atoms with van der Waals surface area (Å²) in [7, 11) is 2.93. The number of fused-ring (bicyclic) bond motifs is 1. The van der Waals surface area contributed by atoms with Crippen molar-refractivity contribution in [3.8, 4) is 11.5 Å². The van der Waals surface area contributed by atoms with Gasteiger partial charge in [0.15, 0.2) is 23.2 Å². The fraction of sp³-hybridized carbons (Fsp3) is 0.304. The Labute approximate surface area is 198 Å². The highest BCUT2D eigenvalue weighted by Crippen LogP contribution is 2.44. The summed E-state index contributed by atoms with van der Waals surface area (Å²) in [5.74, 6) is 0.365. The first-order chi connectivity index (χ1) is 16.2. The average Bonchev–Trinajstić information content (AvgIpc) is 3.26. The highest BCUT2D eigenvalue weighted by atomic mass is 35.5. The van der Waals surface area contributed by atoms with E-state index in [1.165, 1.54) is 20.3 Å². The van der Waals surface area contributed by atoms with Gasteiger partial charge in [-0.25, -0.2) is 4.68 Å². The van der Waals surface area contributed by atoms with Crippen molar-refractivity contribution in [3.05, 3.63) is 70.4 Å². The van der Waals surface area contributed by atoms with Crippen LogP contribution in [0.5, 0.6) is 11.5 Å². The molecule has 0 radical (unpaired) electrons. The molecule has 0 saturated carbocycles. The van der Waals surface area contributed by atoms with E-state index in [1.54, 1.807) is 42.5 Å². The van der Waals surface area contributed by atoms with Crippen molar-refractivity contribution < 1.29 is 27.4 Å². The third kappa shape index (κ3) is 4.77. The van der Waals surface area contributed by atoms with Crippen molar-refractivity contribution in [1.29, 1.82) is 0 Å². The summed E-state index contributed by atoms with van der Waals surface area (Å²) in [5.41, 5.74) is 1.14. The van der Waals surface area contributed by atoms with E-state index in [4.69, 9.17) is 21.1 Å². The molecule has 1 amide bonds. The number of anilines is 1. The smallest absolute Gasteiger partial charge is 0.410 e. The molecule has 2 heterocycles. The van der Waals surface area contributed by atoms with Gasteiger partial charge in [-0.2, -0.15) is 18.3 Å². The monoisotopic (exact) mass is 494 g/mol. The number of alkyl halides is 3. The molecule has 11 heteroatoms. The zero-order chi connectivity index (χ0) is 24.5. The van der Waals surface area contributed by atoms with Crippen LogP contribution in [0.2, 0.25) is 5.02 Å². The fourth-order valence-electron chi connectivity index (χ4n) is 3.88. The minimum Gasteiger partial charge on any atom is -0.493 e. The fourth-order valence-corrected chi connectivity index (χ4v) is 4.08. The van der Waals surface area contributed by atoms with E-state index in [0.717, 1.165) is 4.68 Å². The van der Waals surface area contributed by atoms with E-state index < -0.39 is 24.2 Å². The second-order valence-corrected chi connectivity index (χ2v) is 8.15. The van der Waals surface area contributed by atoms with Gasteiger partial charge in [0.25, 0.3) is 5.91 Å². The summed E-state index contributed by atoms with van der Waals surface area (Å²) in [6.07, 6.45) is -4.88. The van der Waals surface area contributed by atoms with Crippen molar-refractivity contribution in [1.82, 2.24) is 15.1 Å². The number of methoxy groups -OCH3 is 2. The summed E-state index contributed by atoms with van der Waals surface area (Å²) in [5, 5.41) is 10.2. The molecule has 2 atom stereocenters. The molecule has 0 saturated heterocycles. The van der Waals surface area contributed by atoms with Crippen molar-refractivity contribution in [2.45, 2.75) is 31.2 Å². The van der Waals surface area contributed by atoms with Crippen LogP contribution < -0.4 is 20.1 Å². The Morgan fingerprint density at radius 2 is 1.91 bits per heavy atom. The van der Waals surface area contributed by atoms with Crippen LogP contribution in [0.15, 0.2) is 48.5 Å². The quantitative estimate of drug-likeness (QED) is 0.496. The molecule has 4 rings (SSSR count). The molecule has 3 aromatic rings. The van der Waals surface area contributed by atoms with Gasteiger partial charge < -0.3 is 20.1 Å². The Bertz CT molecular complexity index is 1200. The topological polar surface area (TPSA) is 77.4 Å². The highest BCUT2D eigenvalue weighted by molar-refractivity contribution is 6.31. The standard InChI is InChI=1S/C23H22ClF3N4O3/c1-33-18-8-7-13(9-19(18)34-2)16-10-20(23(25,26)27)31-21(29-16)11-17(30-31)22(32)28-12-14-5-3-4-6-15(14)24/h3-9,11,16,20,29H,10,12H2,1-2H3,(H,28,32)/t16-,20-/m1/s1. The zero-order valence-corrected chi connectivity index (χ0v) is 19.1. The molecule has 0 unspecified atom stereocenters. The number of carbonyl (C=O) groups is 1. The Morgan fingerprint density at radius 3 is 2.59 bits per heavy atom. The normalized spacial score (nSPS) is 17.5. The second kappa shape index (κ2) is 9.46. The number of rotatable bonds is 6. The number of hydrogen-bond acceptors (Lipinski definition) is 5. The first-order valence-electron chi connectivity index (χ1n) is 10.4. The predicted octanol–water partition coefficient (Wildman–Crippen LogP) is 5.14. The van der Waals surface area contributed by atoms with Crippen LogP contribution in [0.25, 0.3) is 0 Å². The van der Waals surface area contributed by atoms with Crippen LogP contribution in [-0.4, -0.2) is 36.1 Å². The van der Waals surface area contributed by atoms with E-state index in [9.17, 15) is 18.0 Å². The summed E-state index contributed by atoms with van der Waals surface area (Å²) in [4.78, 5) is 12.6. The lowest BCUT2D eigenvalue weighted by molar-refractivity contribution is -0.173. The molecule has 1 aliphatic rings. The minimum absolute atomic E-state index is 0.0938. The second-order valence-electron chi connectivity index (χ2n) is 7.74. The predicted molar refractivity (Wildman–Crippen MR) is 120 cm³/mol. The number of carbonyl (C=O) groups excluding carboxylic acids is 1. The van der Waals surface area contributed by atoms with Gasteiger partial charge in [0, 0.05) is 24.1 Å². The van der Waals surface area contributed by atoms with Gasteiger partial charge in [0.1, 0.15) is 5.82 Å². The largest absolute Gasteiger partial charge is 0.493 e. The molecular formula is C23H22ClF3N4O3. The lowest BCUT2D eigenvalue weighted by Gasteiger charge is -2.33. The zero-order valence-electron chi connectivity index (χ0n) is 18.3. The molecule has 0 aliphatic carbocycles. The van der Waals surface area contributed by atoms with Crippen LogP contribution in [-0.2, 0) is 6.54 Å². The summed E-state index contributed by atoms with van der Waals surface area (Å²) >= 11 is 6.10. The van der Waals surface area contributed by atoms with Gasteiger partial charge in [-0.15, -0.1) is 0 Å². The molecule has 2 aromatic carbocycles. The van der Waals surface area contributed by atoms with Gasteiger partial charge in [-0.05, 0) is 29.3 Å². The van der Waals surface area contributed by atoms with Gasteiger partial charge in [-0.1, -0.05) is 35.9 Å². The summed E-state index contributed by atoms with van der Waals surface area (Å²) < 4.78 is 53.2. The Morgan fingerprint density at radius 1 is 1.18 bits per heavy atom. The summed E-state index contributed by atoms with van der Waals surface area (Å²) in [6, 6.07) is 10.6. The van der Waals surface area contributed by atoms with E-state index in [2.05, 4.69) is 15.7 Å². The maximum Gasteiger partial charge on any atom is 0.410 e. The average molecular weight is 495 g/mol. The van der Waals surface area contributed by atoms with Crippen molar-refractivity contribution >= 4 is 23.3 Å². The third-order valence-corrected chi connectivity index (χ3v) is 6.00. The Balaban J connectivity index is 1.60. The van der Waals surface area contributed by atoms with Gasteiger partial charge in [0.05, 0.1) is 20.3 Å². The van der Waals surface area contributed by atoms with Gasteiger partial charge >= 0.3 is 6.18 Å². The lowest BCUT2D eigenvalue weighted by atomic mass is 9.96. The van der Waals surface area contributed by atoms with E-state index in [0.29, 0.717) is 27.6 Å². The van der Waals surface area contributed by atoms with Crippen LogP contribution in [0.4, 0.5) is 19.0 Å². The van der Waals surface area contributed by atoms with E-state index in [-0.39, 0.29) is 24.5 Å². The molecule has 0 spiro atoms. The SMILES string of the molecule is COc1ccc([C@H]2C[C@H](C(F)(F)F)n3nc(C(=O)NCc4ccccc4Cl)cc3N2)cc1OC. The molecule has 1 aliphatic heterocycles. The third-order valence-electron chi connectivity index (χ3n) is 5.63. The van der Waals surface area contributed by atoms with Gasteiger partial charge in [-0.3, -0.25) is 4.79 Å². The Kier molecular flexibility index (Phi) is 6.60. The molecule has 7 nitrogen and oxygen atoms in total. The number of amides is 1. The molecule has 180 valence electrons. The molecule has 2 N–H and O–H groups in total. The van der Waals surface area contributed by atoms with Crippen molar-refractivity contribution in [2.75, 3.05) is 19.5 Å². The number of benzene rings is 2. The van der Waals surface area contributed by atoms with Crippen LogP contribution in [0.3, 0.4) is 0 Å². The maximum atomic E-state index is 13.9. The van der Waals surface area contributed by atoms with E-state index in [1.807, 2.05) is 0 Å². The summed E-state index contributed by atoms with van der Waals surface area (Å²) in [6.45, 7) is 0.116. The van der Waals surface area contributed by atoms with Gasteiger partial charge in [0.2, 0.25) is 0 Å². The number of aromatic nitrogens is 2. The van der Waals surface area contributed by atoms with Crippen molar-refractivity contribution in [2.24, 2.45) is 0 Å². The number of nitrogens with zero attached hydrogens (tertiary/aromatic N) is 2. The lowest BCUT2D eigenvalue weighted by Crippen LogP contribution is -2.35. The van der Waals surface area contributed by atoms with Crippen LogP contribution >= 0.6 is 11.6 Å². The molecule has 1 aromatic heterocycles. The van der Waals surface area contributed by atoms with E-state index >= 15 is 0 Å². The first kappa shape index (κ1) is 23.7. The number of nitrogens with one attached hydrogen (secondary N) is 2. The van der Waals surface area contributed by atoms with Crippen LogP contribution in [0.1, 0.15) is 40.1 Å². The number of halogens is 4. The first-order valence-corrected chi connectivity index (χ1v) is 10.8. The molecule has 34 heavy (non-hydrogen) atoms. The minimum atomic E-state index is -4.57. The number of hydrogen-bond donors (Lipinski definition) is 2.